The fourth-order valence-electron chi connectivity index (χ4n) is 5.30. The Morgan fingerprint density at radius 2 is 1.90 bits per heavy atom. The first-order chi connectivity index (χ1) is 14.0. The van der Waals surface area contributed by atoms with Crippen LogP contribution in [-0.4, -0.2) is 35.8 Å². The first-order valence-corrected chi connectivity index (χ1v) is 11.3. The van der Waals surface area contributed by atoms with Gasteiger partial charge in [-0.1, -0.05) is 38.2 Å². The molecule has 5 heteroatoms. The Morgan fingerprint density at radius 3 is 2.59 bits per heavy atom. The third kappa shape index (κ3) is 4.65. The molecule has 1 unspecified atom stereocenters. The van der Waals surface area contributed by atoms with Gasteiger partial charge in [0.2, 0.25) is 5.91 Å². The summed E-state index contributed by atoms with van der Waals surface area (Å²) in [5.41, 5.74) is 1.13. The predicted molar refractivity (Wildman–Crippen MR) is 111 cm³/mol. The van der Waals surface area contributed by atoms with Gasteiger partial charge in [-0.05, 0) is 61.6 Å². The minimum absolute atomic E-state index is 0.156. The van der Waals surface area contributed by atoms with Crippen molar-refractivity contribution in [3.63, 3.8) is 0 Å². The van der Waals surface area contributed by atoms with E-state index >= 15 is 0 Å². The Balaban J connectivity index is 1.22. The predicted octanol–water partition coefficient (Wildman–Crippen LogP) is 4.61. The highest BCUT2D eigenvalue weighted by Crippen LogP contribution is 2.54. The molecule has 0 radical (unpaired) electrons. The molecule has 1 aromatic rings. The number of aryl methyl sites for hydroxylation is 1. The highest BCUT2D eigenvalue weighted by atomic mass is 19.1. The van der Waals surface area contributed by atoms with Gasteiger partial charge >= 0.3 is 0 Å². The molecule has 1 aromatic carbocycles. The van der Waals surface area contributed by atoms with E-state index in [2.05, 4.69) is 5.32 Å². The van der Waals surface area contributed by atoms with Crippen LogP contribution in [0, 0.1) is 24.1 Å². The minimum Gasteiger partial charge on any atom is -0.353 e. The molecule has 3 aliphatic rings. The highest BCUT2D eigenvalue weighted by Gasteiger charge is 2.55. The number of hydrogen-bond donors (Lipinski definition) is 1. The van der Waals surface area contributed by atoms with Crippen molar-refractivity contribution >= 4 is 11.8 Å². The molecule has 1 saturated heterocycles. The smallest absolute Gasteiger partial charge is 0.256 e. The largest absolute Gasteiger partial charge is 0.353 e. The molecule has 1 aliphatic heterocycles. The summed E-state index contributed by atoms with van der Waals surface area (Å²) in [6.45, 7) is 3.10. The lowest BCUT2D eigenvalue weighted by atomic mass is 9.86. The van der Waals surface area contributed by atoms with Gasteiger partial charge in [0.05, 0.1) is 5.56 Å². The number of rotatable bonds is 5. The van der Waals surface area contributed by atoms with Gasteiger partial charge < -0.3 is 10.2 Å². The molecule has 2 aliphatic carbocycles. The lowest BCUT2D eigenvalue weighted by molar-refractivity contribution is -0.121. The summed E-state index contributed by atoms with van der Waals surface area (Å²) in [6, 6.07) is 5.04. The van der Waals surface area contributed by atoms with Gasteiger partial charge in [0, 0.05) is 25.6 Å². The van der Waals surface area contributed by atoms with E-state index in [1.807, 2.05) is 6.92 Å². The summed E-state index contributed by atoms with van der Waals surface area (Å²) >= 11 is 0. The van der Waals surface area contributed by atoms with E-state index in [0.717, 1.165) is 37.2 Å². The fourth-order valence-corrected chi connectivity index (χ4v) is 5.30. The molecule has 3 fully saturated rings. The topological polar surface area (TPSA) is 49.4 Å². The average molecular weight is 401 g/mol. The summed E-state index contributed by atoms with van der Waals surface area (Å²) < 4.78 is 14.1. The van der Waals surface area contributed by atoms with Crippen LogP contribution in [0.5, 0.6) is 0 Å². The van der Waals surface area contributed by atoms with Gasteiger partial charge in [-0.25, -0.2) is 4.39 Å². The van der Waals surface area contributed by atoms with Gasteiger partial charge in [0.25, 0.3) is 5.91 Å². The number of likely N-dealkylation sites (tertiary alicyclic amines) is 1. The van der Waals surface area contributed by atoms with Crippen molar-refractivity contribution < 1.29 is 14.0 Å². The van der Waals surface area contributed by atoms with Gasteiger partial charge in [-0.3, -0.25) is 9.59 Å². The number of hydrogen-bond acceptors (Lipinski definition) is 2. The molecule has 1 atom stereocenters. The molecule has 0 bridgehead atoms. The van der Waals surface area contributed by atoms with Crippen molar-refractivity contribution in [1.29, 1.82) is 0 Å². The second kappa shape index (κ2) is 8.45. The summed E-state index contributed by atoms with van der Waals surface area (Å²) in [6.07, 6.45) is 11.0. The maximum absolute atomic E-state index is 14.1. The van der Waals surface area contributed by atoms with Gasteiger partial charge in [-0.2, -0.15) is 0 Å². The van der Waals surface area contributed by atoms with Crippen LogP contribution in [0.25, 0.3) is 0 Å². The second-order valence-electron chi connectivity index (χ2n) is 9.50. The maximum Gasteiger partial charge on any atom is 0.256 e. The number of nitrogens with zero attached hydrogens (tertiary/aromatic N) is 1. The van der Waals surface area contributed by atoms with E-state index in [0.29, 0.717) is 19.5 Å². The molecule has 0 aromatic heterocycles. The third-order valence-electron chi connectivity index (χ3n) is 7.43. The highest BCUT2D eigenvalue weighted by molar-refractivity contribution is 5.94. The van der Waals surface area contributed by atoms with Crippen molar-refractivity contribution in [1.82, 2.24) is 10.2 Å². The number of halogens is 1. The molecule has 1 spiro atoms. The number of amides is 2. The van der Waals surface area contributed by atoms with Gasteiger partial charge in [0.15, 0.2) is 0 Å². The quantitative estimate of drug-likeness (QED) is 0.785. The molecule has 1 heterocycles. The Labute approximate surface area is 173 Å². The molecular formula is C24H33FN2O2. The summed E-state index contributed by atoms with van der Waals surface area (Å²) in [4.78, 5) is 26.8. The molecule has 29 heavy (non-hydrogen) atoms. The molecular weight excluding hydrogens is 367 g/mol. The second-order valence-corrected chi connectivity index (χ2v) is 9.50. The summed E-state index contributed by atoms with van der Waals surface area (Å²) in [5.74, 6) is 0.271. The van der Waals surface area contributed by atoms with Crippen molar-refractivity contribution in [2.24, 2.45) is 11.3 Å². The lowest BCUT2D eigenvalue weighted by Crippen LogP contribution is -2.42. The Kier molecular flexibility index (Phi) is 5.93. The lowest BCUT2D eigenvalue weighted by Gasteiger charge is -2.33. The SMILES string of the molecule is Cc1ccc(C(=O)N2CCC3(CC2)CC3NC(=O)CCC2CCCCC2)c(F)c1. The summed E-state index contributed by atoms with van der Waals surface area (Å²) in [5, 5.41) is 3.24. The van der Waals surface area contributed by atoms with E-state index in [-0.39, 0.29) is 28.8 Å². The van der Waals surface area contributed by atoms with E-state index in [1.54, 1.807) is 17.0 Å². The van der Waals surface area contributed by atoms with Crippen molar-refractivity contribution in [3.8, 4) is 0 Å². The van der Waals surface area contributed by atoms with Crippen molar-refractivity contribution in [2.45, 2.75) is 77.2 Å². The van der Waals surface area contributed by atoms with Gasteiger partial charge in [-0.15, -0.1) is 0 Å². The fraction of sp³-hybridized carbons (Fsp3) is 0.667. The maximum atomic E-state index is 14.1. The van der Waals surface area contributed by atoms with Crippen LogP contribution >= 0.6 is 0 Å². The van der Waals surface area contributed by atoms with E-state index in [1.165, 1.54) is 38.2 Å². The Morgan fingerprint density at radius 1 is 1.17 bits per heavy atom. The zero-order valence-corrected chi connectivity index (χ0v) is 17.5. The molecule has 2 amide bonds. The summed E-state index contributed by atoms with van der Waals surface area (Å²) in [7, 11) is 0. The van der Waals surface area contributed by atoms with Gasteiger partial charge in [0.1, 0.15) is 5.82 Å². The van der Waals surface area contributed by atoms with Crippen LogP contribution in [0.2, 0.25) is 0 Å². The zero-order valence-electron chi connectivity index (χ0n) is 17.5. The van der Waals surface area contributed by atoms with Crippen molar-refractivity contribution in [3.05, 3.63) is 35.1 Å². The monoisotopic (exact) mass is 400 g/mol. The number of piperidine rings is 1. The van der Waals surface area contributed by atoms with Crippen LogP contribution in [0.1, 0.15) is 80.1 Å². The van der Waals surface area contributed by atoms with Crippen LogP contribution in [0.4, 0.5) is 4.39 Å². The molecule has 4 nitrogen and oxygen atoms in total. The molecule has 4 rings (SSSR count). The van der Waals surface area contributed by atoms with E-state index in [4.69, 9.17) is 0 Å². The minimum atomic E-state index is -0.440. The van der Waals surface area contributed by atoms with E-state index < -0.39 is 5.82 Å². The number of benzene rings is 1. The number of carbonyl (C=O) groups is 2. The first-order valence-electron chi connectivity index (χ1n) is 11.3. The Bertz CT molecular complexity index is 764. The van der Waals surface area contributed by atoms with Crippen LogP contribution in [0.3, 0.4) is 0 Å². The van der Waals surface area contributed by atoms with Crippen LogP contribution in [-0.2, 0) is 4.79 Å². The molecule has 2 saturated carbocycles. The number of carbonyl (C=O) groups excluding carboxylic acids is 2. The molecule has 158 valence electrons. The van der Waals surface area contributed by atoms with E-state index in [9.17, 15) is 14.0 Å². The zero-order chi connectivity index (χ0) is 20.4. The third-order valence-corrected chi connectivity index (χ3v) is 7.43. The number of nitrogens with one attached hydrogen (secondary N) is 1. The average Bonchev–Trinajstić information content (AvgIpc) is 3.38. The molecule has 1 N–H and O–H groups in total. The standard InChI is InChI=1S/C24H33FN2O2/c1-17-7-9-19(20(25)15-17)23(29)27-13-11-24(12-14-27)16-21(24)26-22(28)10-8-18-5-3-2-4-6-18/h7,9,15,18,21H,2-6,8,10-14,16H2,1H3,(H,26,28). The van der Waals surface area contributed by atoms with Crippen LogP contribution < -0.4 is 5.32 Å². The normalized spacial score (nSPS) is 23.8. The Hall–Kier alpha value is -1.91. The first kappa shape index (κ1) is 20.4. The van der Waals surface area contributed by atoms with Crippen LogP contribution in [0.15, 0.2) is 18.2 Å². The van der Waals surface area contributed by atoms with Crippen molar-refractivity contribution in [2.75, 3.05) is 13.1 Å².